The molecule has 0 bridgehead atoms. The highest BCUT2D eigenvalue weighted by Gasteiger charge is 2.45. The van der Waals surface area contributed by atoms with Gasteiger partial charge in [-0.2, -0.15) is 13.2 Å². The lowest BCUT2D eigenvalue weighted by molar-refractivity contribution is -0.138. The summed E-state index contributed by atoms with van der Waals surface area (Å²) in [5, 5.41) is 2.56. The van der Waals surface area contributed by atoms with Gasteiger partial charge in [0, 0.05) is 24.7 Å². The van der Waals surface area contributed by atoms with Gasteiger partial charge in [-0.1, -0.05) is 32.0 Å². The van der Waals surface area contributed by atoms with Crippen molar-refractivity contribution in [1.82, 2.24) is 10.2 Å². The van der Waals surface area contributed by atoms with Gasteiger partial charge in [-0.25, -0.2) is 4.79 Å². The smallest absolute Gasteiger partial charge is 0.327 e. The van der Waals surface area contributed by atoms with Crippen molar-refractivity contribution < 1.29 is 22.8 Å². The van der Waals surface area contributed by atoms with Crippen LogP contribution in [-0.2, 0) is 11.0 Å². The second kappa shape index (κ2) is 5.61. The van der Waals surface area contributed by atoms with Crippen LogP contribution in [0.3, 0.4) is 0 Å². The highest BCUT2D eigenvalue weighted by molar-refractivity contribution is 6.01. The van der Waals surface area contributed by atoms with Crippen molar-refractivity contribution >= 4 is 11.8 Å². The number of nitrogens with zero attached hydrogens (tertiary/aromatic N) is 1. The van der Waals surface area contributed by atoms with Crippen LogP contribution in [0, 0.1) is 5.41 Å². The highest BCUT2D eigenvalue weighted by atomic mass is 19.4. The summed E-state index contributed by atoms with van der Waals surface area (Å²) in [6.45, 7) is 3.82. The van der Waals surface area contributed by atoms with Crippen molar-refractivity contribution in [3.63, 3.8) is 0 Å². The number of nitrogens with one attached hydrogen (secondary N) is 1. The number of alkyl halides is 3. The molecule has 0 radical (unpaired) electrons. The van der Waals surface area contributed by atoms with Crippen molar-refractivity contribution in [2.24, 2.45) is 5.41 Å². The lowest BCUT2D eigenvalue weighted by atomic mass is 9.72. The van der Waals surface area contributed by atoms with Crippen molar-refractivity contribution in [3.8, 4) is 0 Å². The van der Waals surface area contributed by atoms with E-state index in [1.54, 1.807) is 0 Å². The molecule has 1 N–H and O–H groups in total. The largest absolute Gasteiger partial charge is 0.416 e. The molecule has 3 rings (SSSR count). The zero-order valence-electron chi connectivity index (χ0n) is 14.2. The standard InChI is InChI=1S/C18H19F3N2O2/c1-17(2)8-12-14(13(24)9-17)15(22-16(25)23(12)3)10-6-4-5-7-11(10)18(19,20)21/h4-7,15H,8-9H2,1-3H3,(H,22,25)/t15-/m1/s1. The number of Topliss-reactive ketones (excluding diaryl/α,β-unsaturated/α-hetero) is 1. The number of amides is 2. The highest BCUT2D eigenvalue weighted by Crippen LogP contribution is 2.45. The van der Waals surface area contributed by atoms with E-state index in [9.17, 15) is 22.8 Å². The van der Waals surface area contributed by atoms with Crippen LogP contribution in [-0.4, -0.2) is 23.8 Å². The molecule has 7 heteroatoms. The van der Waals surface area contributed by atoms with E-state index in [4.69, 9.17) is 0 Å². The molecule has 2 amide bonds. The second-order valence-electron chi connectivity index (χ2n) is 7.33. The summed E-state index contributed by atoms with van der Waals surface area (Å²) in [4.78, 5) is 26.4. The van der Waals surface area contributed by atoms with E-state index in [0.29, 0.717) is 12.1 Å². The van der Waals surface area contributed by atoms with Crippen LogP contribution < -0.4 is 5.32 Å². The molecular weight excluding hydrogens is 333 g/mol. The number of urea groups is 1. The van der Waals surface area contributed by atoms with Gasteiger partial charge >= 0.3 is 12.2 Å². The Morgan fingerprint density at radius 3 is 2.44 bits per heavy atom. The van der Waals surface area contributed by atoms with E-state index in [2.05, 4.69) is 5.32 Å². The molecule has 0 spiro atoms. The molecule has 25 heavy (non-hydrogen) atoms. The fourth-order valence-electron chi connectivity index (χ4n) is 3.58. The Labute approximate surface area is 143 Å². The second-order valence-corrected chi connectivity index (χ2v) is 7.33. The molecule has 0 unspecified atom stereocenters. The number of benzene rings is 1. The van der Waals surface area contributed by atoms with Crippen molar-refractivity contribution in [1.29, 1.82) is 0 Å². The molecule has 2 aliphatic rings. The molecule has 0 saturated heterocycles. The van der Waals surface area contributed by atoms with Gasteiger partial charge in [0.1, 0.15) is 0 Å². The molecule has 1 heterocycles. The maximum atomic E-state index is 13.4. The van der Waals surface area contributed by atoms with Gasteiger partial charge in [0.15, 0.2) is 5.78 Å². The number of hydrogen-bond acceptors (Lipinski definition) is 2. The van der Waals surface area contributed by atoms with Gasteiger partial charge in [0.25, 0.3) is 0 Å². The van der Waals surface area contributed by atoms with E-state index >= 15 is 0 Å². The fourth-order valence-corrected chi connectivity index (χ4v) is 3.58. The minimum atomic E-state index is -4.57. The van der Waals surface area contributed by atoms with Crippen LogP contribution in [0.25, 0.3) is 0 Å². The number of hydrogen-bond donors (Lipinski definition) is 1. The minimum Gasteiger partial charge on any atom is -0.327 e. The van der Waals surface area contributed by atoms with Crippen molar-refractivity contribution in [2.45, 2.75) is 38.9 Å². The molecule has 1 atom stereocenters. The first-order valence-electron chi connectivity index (χ1n) is 7.98. The summed E-state index contributed by atoms with van der Waals surface area (Å²) in [6.07, 6.45) is -3.87. The Hall–Kier alpha value is -2.31. The Morgan fingerprint density at radius 1 is 1.16 bits per heavy atom. The Kier molecular flexibility index (Phi) is 3.93. The SMILES string of the molecule is CN1C(=O)N[C@H](c2ccccc2C(F)(F)F)C2=C1CC(C)(C)CC2=O. The maximum Gasteiger partial charge on any atom is 0.416 e. The summed E-state index contributed by atoms with van der Waals surface area (Å²) in [5.74, 6) is -0.222. The normalized spacial score (nSPS) is 23.4. The lowest BCUT2D eigenvalue weighted by Crippen LogP contribution is -2.49. The summed E-state index contributed by atoms with van der Waals surface area (Å²) >= 11 is 0. The molecule has 1 aromatic carbocycles. The predicted octanol–water partition coefficient (Wildman–Crippen LogP) is 4.04. The van der Waals surface area contributed by atoms with Crippen LogP contribution >= 0.6 is 0 Å². The third-order valence-corrected chi connectivity index (χ3v) is 4.74. The van der Waals surface area contributed by atoms with Crippen LogP contribution in [0.1, 0.15) is 43.9 Å². The Balaban J connectivity index is 2.20. The summed E-state index contributed by atoms with van der Waals surface area (Å²) in [7, 11) is 1.53. The average molecular weight is 352 g/mol. The Morgan fingerprint density at radius 2 is 1.80 bits per heavy atom. The van der Waals surface area contributed by atoms with Gasteiger partial charge in [-0.05, 0) is 23.5 Å². The monoisotopic (exact) mass is 352 g/mol. The third-order valence-electron chi connectivity index (χ3n) is 4.74. The third kappa shape index (κ3) is 3.03. The summed E-state index contributed by atoms with van der Waals surface area (Å²) < 4.78 is 40.2. The molecule has 0 saturated carbocycles. The molecule has 0 aromatic heterocycles. The summed E-state index contributed by atoms with van der Waals surface area (Å²) in [5.41, 5.74) is -0.507. The first-order chi connectivity index (χ1) is 11.5. The van der Waals surface area contributed by atoms with E-state index < -0.39 is 23.8 Å². The van der Waals surface area contributed by atoms with Crippen molar-refractivity contribution in [2.75, 3.05) is 7.05 Å². The zero-order chi connectivity index (χ0) is 18.6. The van der Waals surface area contributed by atoms with Gasteiger partial charge in [0.05, 0.1) is 11.6 Å². The zero-order valence-corrected chi connectivity index (χ0v) is 14.2. The predicted molar refractivity (Wildman–Crippen MR) is 85.5 cm³/mol. The first kappa shape index (κ1) is 17.5. The minimum absolute atomic E-state index is 0.1000. The number of carbonyl (C=O) groups excluding carboxylic acids is 2. The van der Waals surface area contributed by atoms with Crippen LogP contribution in [0.15, 0.2) is 35.5 Å². The fraction of sp³-hybridized carbons (Fsp3) is 0.444. The van der Waals surface area contributed by atoms with Crippen LogP contribution in [0.4, 0.5) is 18.0 Å². The molecule has 0 fully saturated rings. The quantitative estimate of drug-likeness (QED) is 0.829. The first-order valence-corrected chi connectivity index (χ1v) is 7.98. The molecular formula is C18H19F3N2O2. The molecule has 1 aromatic rings. The van der Waals surface area contributed by atoms with E-state index in [1.165, 1.54) is 30.1 Å². The molecule has 4 nitrogen and oxygen atoms in total. The summed E-state index contributed by atoms with van der Waals surface area (Å²) in [6, 6.07) is 3.47. The lowest BCUT2D eigenvalue weighted by Gasteiger charge is -2.42. The van der Waals surface area contributed by atoms with E-state index in [0.717, 1.165) is 6.07 Å². The van der Waals surface area contributed by atoms with Gasteiger partial charge in [0.2, 0.25) is 0 Å². The van der Waals surface area contributed by atoms with E-state index in [1.807, 2.05) is 13.8 Å². The van der Waals surface area contributed by atoms with Gasteiger partial charge in [-0.15, -0.1) is 0 Å². The number of carbonyl (C=O) groups is 2. The van der Waals surface area contributed by atoms with Crippen LogP contribution in [0.5, 0.6) is 0 Å². The van der Waals surface area contributed by atoms with Crippen molar-refractivity contribution in [3.05, 3.63) is 46.7 Å². The number of ketones is 1. The topological polar surface area (TPSA) is 49.4 Å². The van der Waals surface area contributed by atoms with Gasteiger partial charge in [-0.3, -0.25) is 4.79 Å². The molecule has 1 aliphatic heterocycles. The number of rotatable bonds is 1. The number of halogens is 3. The molecule has 134 valence electrons. The number of allylic oxidation sites excluding steroid dienone is 1. The average Bonchev–Trinajstić information content (AvgIpc) is 2.49. The molecule has 1 aliphatic carbocycles. The maximum absolute atomic E-state index is 13.4. The van der Waals surface area contributed by atoms with Gasteiger partial charge < -0.3 is 10.2 Å². The van der Waals surface area contributed by atoms with Crippen LogP contribution in [0.2, 0.25) is 0 Å². The van der Waals surface area contributed by atoms with E-state index in [-0.39, 0.29) is 28.8 Å². The Bertz CT molecular complexity index is 781.